The topological polar surface area (TPSA) is 38.9 Å². The molecule has 0 aliphatic heterocycles. The molecule has 0 aliphatic carbocycles. The maximum Gasteiger partial charge on any atom is 0.133 e. The van der Waals surface area contributed by atoms with Crippen molar-refractivity contribution in [3.05, 3.63) is 64.3 Å². The van der Waals surface area contributed by atoms with Gasteiger partial charge in [0.1, 0.15) is 5.15 Å². The summed E-state index contributed by atoms with van der Waals surface area (Å²) in [5.74, 6) is 0.696. The Morgan fingerprint density at radius 2 is 1.86 bits per heavy atom. The molecule has 5 heteroatoms. The van der Waals surface area contributed by atoms with E-state index in [2.05, 4.69) is 11.1 Å². The summed E-state index contributed by atoms with van der Waals surface area (Å²) in [6.07, 6.45) is 0. The minimum absolute atomic E-state index is 0.529. The van der Waals surface area contributed by atoms with Crippen LogP contribution in [0.1, 0.15) is 5.56 Å². The summed E-state index contributed by atoms with van der Waals surface area (Å²) < 4.78 is 0. The number of thioether (sulfide) groups is 1. The second-order valence-electron chi connectivity index (χ2n) is 4.60. The molecule has 0 saturated carbocycles. The van der Waals surface area contributed by atoms with Crippen LogP contribution in [-0.2, 0) is 5.75 Å². The van der Waals surface area contributed by atoms with Crippen LogP contribution in [0.15, 0.2) is 53.4 Å². The molecule has 1 aromatic heterocycles. The van der Waals surface area contributed by atoms with Crippen LogP contribution in [0.25, 0.3) is 10.9 Å². The number of fused-ring (bicyclic) bond motifs is 1. The molecule has 0 amide bonds. The zero-order valence-corrected chi connectivity index (χ0v) is 13.3. The number of aromatic nitrogens is 1. The molecule has 1 heterocycles. The van der Waals surface area contributed by atoms with E-state index in [1.54, 1.807) is 17.8 Å². The summed E-state index contributed by atoms with van der Waals surface area (Å²) in [6.45, 7) is 0. The summed E-state index contributed by atoms with van der Waals surface area (Å²) in [5, 5.41) is 2.28. The number of nitrogens with zero attached hydrogens (tertiary/aromatic N) is 1. The number of benzene rings is 2. The van der Waals surface area contributed by atoms with Crippen LogP contribution in [0.5, 0.6) is 0 Å². The van der Waals surface area contributed by atoms with Crippen molar-refractivity contribution in [1.82, 2.24) is 4.98 Å². The summed E-state index contributed by atoms with van der Waals surface area (Å²) in [7, 11) is 0. The Kier molecular flexibility index (Phi) is 4.24. The first-order valence-electron chi connectivity index (χ1n) is 6.35. The first kappa shape index (κ1) is 14.5. The summed E-state index contributed by atoms with van der Waals surface area (Å²) in [4.78, 5) is 5.37. The first-order chi connectivity index (χ1) is 10.1. The van der Waals surface area contributed by atoms with E-state index >= 15 is 0 Å². The highest BCUT2D eigenvalue weighted by Gasteiger charge is 2.07. The molecular formula is C16H12Cl2N2S. The third kappa shape index (κ3) is 3.26. The number of rotatable bonds is 3. The summed E-state index contributed by atoms with van der Waals surface area (Å²) >= 11 is 13.9. The Labute approximate surface area is 137 Å². The van der Waals surface area contributed by atoms with Crippen molar-refractivity contribution in [1.29, 1.82) is 0 Å². The maximum atomic E-state index is 6.26. The zero-order valence-electron chi connectivity index (χ0n) is 11.0. The largest absolute Gasteiger partial charge is 0.398 e. The van der Waals surface area contributed by atoms with Gasteiger partial charge in [-0.2, -0.15) is 0 Å². The van der Waals surface area contributed by atoms with Crippen molar-refractivity contribution in [3.8, 4) is 0 Å². The van der Waals surface area contributed by atoms with Crippen molar-refractivity contribution in [2.24, 2.45) is 0 Å². The van der Waals surface area contributed by atoms with Crippen LogP contribution in [0.3, 0.4) is 0 Å². The normalized spacial score (nSPS) is 11.0. The lowest BCUT2D eigenvalue weighted by Crippen LogP contribution is -1.91. The fourth-order valence-electron chi connectivity index (χ4n) is 2.03. The van der Waals surface area contributed by atoms with Crippen molar-refractivity contribution >= 4 is 51.6 Å². The van der Waals surface area contributed by atoms with Crippen LogP contribution >= 0.6 is 35.0 Å². The molecule has 2 nitrogen and oxygen atoms in total. The molecule has 3 rings (SSSR count). The van der Waals surface area contributed by atoms with Gasteiger partial charge in [0.15, 0.2) is 0 Å². The van der Waals surface area contributed by atoms with E-state index in [-0.39, 0.29) is 0 Å². The number of hydrogen-bond acceptors (Lipinski definition) is 3. The molecule has 0 bridgehead atoms. The Hall–Kier alpha value is -1.42. The van der Waals surface area contributed by atoms with Gasteiger partial charge in [0.05, 0.1) is 5.52 Å². The maximum absolute atomic E-state index is 6.26. The van der Waals surface area contributed by atoms with Crippen molar-refractivity contribution in [3.63, 3.8) is 0 Å². The monoisotopic (exact) mass is 334 g/mol. The van der Waals surface area contributed by atoms with Gasteiger partial charge in [-0.1, -0.05) is 41.4 Å². The molecule has 0 atom stereocenters. The van der Waals surface area contributed by atoms with Crippen molar-refractivity contribution < 1.29 is 0 Å². The molecule has 2 aromatic carbocycles. The molecule has 2 N–H and O–H groups in total. The Morgan fingerprint density at radius 1 is 1.05 bits per heavy atom. The predicted molar refractivity (Wildman–Crippen MR) is 92.2 cm³/mol. The highest BCUT2D eigenvalue weighted by Crippen LogP contribution is 2.32. The Morgan fingerprint density at radius 3 is 2.71 bits per heavy atom. The van der Waals surface area contributed by atoms with E-state index in [0.717, 1.165) is 21.4 Å². The fraction of sp³-hybridized carbons (Fsp3) is 0.0625. The van der Waals surface area contributed by atoms with E-state index < -0.39 is 0 Å². The van der Waals surface area contributed by atoms with E-state index in [1.165, 1.54) is 0 Å². The van der Waals surface area contributed by atoms with Gasteiger partial charge in [0.2, 0.25) is 0 Å². The van der Waals surface area contributed by atoms with Gasteiger partial charge < -0.3 is 5.73 Å². The lowest BCUT2D eigenvalue weighted by molar-refractivity contribution is 1.30. The molecule has 0 saturated heterocycles. The highest BCUT2D eigenvalue weighted by atomic mass is 35.5. The summed E-state index contributed by atoms with van der Waals surface area (Å²) in [6, 6.07) is 15.4. The van der Waals surface area contributed by atoms with Crippen LogP contribution in [0, 0.1) is 0 Å². The molecule has 0 aliphatic rings. The highest BCUT2D eigenvalue weighted by molar-refractivity contribution is 7.98. The molecule has 0 spiro atoms. The second-order valence-corrected chi connectivity index (χ2v) is 6.41. The van der Waals surface area contributed by atoms with Gasteiger partial charge in [-0.25, -0.2) is 4.98 Å². The van der Waals surface area contributed by atoms with Gasteiger partial charge in [-0.3, -0.25) is 0 Å². The van der Waals surface area contributed by atoms with Gasteiger partial charge in [0.25, 0.3) is 0 Å². The van der Waals surface area contributed by atoms with E-state index in [4.69, 9.17) is 28.9 Å². The summed E-state index contributed by atoms with van der Waals surface area (Å²) in [5.41, 5.74) is 8.56. The molecule has 0 fully saturated rings. The predicted octanol–water partition coefficient (Wildman–Crippen LogP) is 5.42. The third-order valence-electron chi connectivity index (χ3n) is 3.11. The fourth-order valence-corrected chi connectivity index (χ4v) is 3.53. The smallest absolute Gasteiger partial charge is 0.133 e. The molecule has 21 heavy (non-hydrogen) atoms. The standard InChI is InChI=1S/C16H12Cl2N2S/c17-12-5-6-13(19)15(8-12)21-9-11-7-10-3-1-2-4-14(10)20-16(11)18/h1-8H,9,19H2. The van der Waals surface area contributed by atoms with E-state index in [0.29, 0.717) is 21.6 Å². The number of pyridine rings is 1. The number of halogens is 2. The zero-order chi connectivity index (χ0) is 14.8. The molecule has 106 valence electrons. The van der Waals surface area contributed by atoms with E-state index in [9.17, 15) is 0 Å². The van der Waals surface area contributed by atoms with E-state index in [1.807, 2.05) is 36.4 Å². The number of anilines is 1. The van der Waals surface area contributed by atoms with Crippen molar-refractivity contribution in [2.45, 2.75) is 10.6 Å². The van der Waals surface area contributed by atoms with Crippen LogP contribution in [-0.4, -0.2) is 4.98 Å². The Bertz CT molecular complexity index is 805. The molecule has 3 aromatic rings. The van der Waals surface area contributed by atoms with Crippen LogP contribution < -0.4 is 5.73 Å². The quantitative estimate of drug-likeness (QED) is 0.395. The van der Waals surface area contributed by atoms with Gasteiger partial charge in [0, 0.05) is 32.3 Å². The Balaban J connectivity index is 1.88. The number of nitrogen functional groups attached to an aromatic ring is 1. The first-order valence-corrected chi connectivity index (χ1v) is 8.09. The minimum Gasteiger partial charge on any atom is -0.398 e. The van der Waals surface area contributed by atoms with Crippen molar-refractivity contribution in [2.75, 3.05) is 5.73 Å². The SMILES string of the molecule is Nc1ccc(Cl)cc1SCc1cc2ccccc2nc1Cl. The van der Waals surface area contributed by atoms with Gasteiger partial charge in [-0.15, -0.1) is 11.8 Å². The van der Waals surface area contributed by atoms with Gasteiger partial charge >= 0.3 is 0 Å². The van der Waals surface area contributed by atoms with Gasteiger partial charge in [-0.05, 0) is 30.3 Å². The van der Waals surface area contributed by atoms with Crippen LogP contribution in [0.2, 0.25) is 10.2 Å². The average molecular weight is 335 g/mol. The molecule has 0 unspecified atom stereocenters. The third-order valence-corrected chi connectivity index (χ3v) is 4.79. The lowest BCUT2D eigenvalue weighted by Gasteiger charge is -2.08. The van der Waals surface area contributed by atoms with Crippen LogP contribution in [0.4, 0.5) is 5.69 Å². The number of hydrogen-bond donors (Lipinski definition) is 1. The lowest BCUT2D eigenvalue weighted by atomic mass is 10.2. The molecule has 0 radical (unpaired) electrons. The molecular weight excluding hydrogens is 323 g/mol. The second kappa shape index (κ2) is 6.14. The minimum atomic E-state index is 0.529. The average Bonchev–Trinajstić information content (AvgIpc) is 2.48. The number of nitrogens with two attached hydrogens (primary N) is 1. The number of para-hydroxylation sites is 1.